The molecule has 4 amide bonds. The maximum Gasteiger partial charge on any atom is 0.426 e. The minimum absolute atomic E-state index is 0.0689. The molecule has 264 valence electrons. The SMILES string of the molecule is CC(C)CCC[C@@H](C)[C@H]1CCC2C3CC=C4C[C@@H](OC(=O)NNC(=O)CCCCC5SCC6NC(=O)NC65)CC[C@]4(C)C3CC[C@@]21C. The topological polar surface area (TPSA) is 109 Å². The zero-order chi connectivity index (χ0) is 33.3. The van der Waals surface area contributed by atoms with Crippen LogP contribution in [0.3, 0.4) is 0 Å². The fourth-order valence-electron chi connectivity index (χ4n) is 11.4. The van der Waals surface area contributed by atoms with E-state index in [1.807, 2.05) is 11.8 Å². The number of hydrogen-bond donors (Lipinski definition) is 4. The Morgan fingerprint density at radius 2 is 1.83 bits per heavy atom. The van der Waals surface area contributed by atoms with Crippen LogP contribution in [0.4, 0.5) is 9.59 Å². The first-order chi connectivity index (χ1) is 22.5. The third-order valence-corrected chi connectivity index (χ3v) is 15.4. The zero-order valence-electron chi connectivity index (χ0n) is 29.7. The van der Waals surface area contributed by atoms with Gasteiger partial charge in [0.1, 0.15) is 6.10 Å². The van der Waals surface area contributed by atoms with Crippen molar-refractivity contribution in [1.82, 2.24) is 21.5 Å². The van der Waals surface area contributed by atoms with E-state index >= 15 is 0 Å². The van der Waals surface area contributed by atoms with Crippen LogP contribution in [0.15, 0.2) is 11.6 Å². The molecule has 5 fully saturated rings. The van der Waals surface area contributed by atoms with Crippen molar-refractivity contribution in [1.29, 1.82) is 0 Å². The van der Waals surface area contributed by atoms with Gasteiger partial charge in [0.05, 0.1) is 12.1 Å². The highest BCUT2D eigenvalue weighted by Crippen LogP contribution is 2.67. The molecule has 3 saturated carbocycles. The minimum atomic E-state index is -0.563. The van der Waals surface area contributed by atoms with Gasteiger partial charge in [0.2, 0.25) is 5.91 Å². The first kappa shape index (κ1) is 34.9. The van der Waals surface area contributed by atoms with Gasteiger partial charge in [0.25, 0.3) is 0 Å². The summed E-state index contributed by atoms with van der Waals surface area (Å²) < 4.78 is 5.84. The number of amides is 4. The Morgan fingerprint density at radius 3 is 2.64 bits per heavy atom. The predicted molar refractivity (Wildman–Crippen MR) is 189 cm³/mol. The molecule has 0 bridgehead atoms. The Kier molecular flexibility index (Phi) is 10.8. The number of hydrogen-bond acceptors (Lipinski definition) is 5. The van der Waals surface area contributed by atoms with Crippen LogP contribution in [0, 0.1) is 46.3 Å². The summed E-state index contributed by atoms with van der Waals surface area (Å²) in [5.41, 5.74) is 7.26. The lowest BCUT2D eigenvalue weighted by atomic mass is 9.47. The van der Waals surface area contributed by atoms with Crippen LogP contribution in [0.1, 0.15) is 131 Å². The lowest BCUT2D eigenvalue weighted by Crippen LogP contribution is -2.51. The number of thioether (sulfide) groups is 1. The van der Waals surface area contributed by atoms with Crippen molar-refractivity contribution < 1.29 is 19.1 Å². The summed E-state index contributed by atoms with van der Waals surface area (Å²) in [7, 11) is 0. The van der Waals surface area contributed by atoms with Gasteiger partial charge in [0.15, 0.2) is 0 Å². The van der Waals surface area contributed by atoms with E-state index in [0.717, 1.165) is 79.8 Å². The number of hydrazine groups is 1. The molecule has 0 aromatic heterocycles. The summed E-state index contributed by atoms with van der Waals surface area (Å²) in [4.78, 5) is 36.6. The highest BCUT2D eigenvalue weighted by Gasteiger charge is 2.59. The summed E-state index contributed by atoms with van der Waals surface area (Å²) in [6, 6.07) is 0.347. The van der Waals surface area contributed by atoms with Crippen LogP contribution in [0.2, 0.25) is 0 Å². The van der Waals surface area contributed by atoms with E-state index in [1.165, 1.54) is 56.9 Å². The smallest absolute Gasteiger partial charge is 0.426 e. The van der Waals surface area contributed by atoms with Gasteiger partial charge in [0, 0.05) is 23.8 Å². The van der Waals surface area contributed by atoms with Crippen molar-refractivity contribution >= 4 is 29.8 Å². The summed E-state index contributed by atoms with van der Waals surface area (Å²) in [6.45, 7) is 12.4. The number of fused-ring (bicyclic) bond motifs is 6. The fraction of sp³-hybridized carbons (Fsp3) is 0.868. The first-order valence-electron chi connectivity index (χ1n) is 19.1. The van der Waals surface area contributed by atoms with Crippen LogP contribution in [-0.4, -0.2) is 47.2 Å². The highest BCUT2D eigenvalue weighted by atomic mass is 32.2. The molecular weight excluding hydrogens is 609 g/mol. The first-order valence-corrected chi connectivity index (χ1v) is 20.2. The van der Waals surface area contributed by atoms with E-state index in [-0.39, 0.29) is 35.5 Å². The van der Waals surface area contributed by atoms with Crippen LogP contribution in [-0.2, 0) is 9.53 Å². The molecule has 47 heavy (non-hydrogen) atoms. The van der Waals surface area contributed by atoms with Crippen molar-refractivity contribution in [2.24, 2.45) is 46.3 Å². The molecule has 0 aromatic carbocycles. The van der Waals surface area contributed by atoms with Gasteiger partial charge >= 0.3 is 12.1 Å². The van der Waals surface area contributed by atoms with Crippen molar-refractivity contribution in [2.75, 3.05) is 5.75 Å². The van der Waals surface area contributed by atoms with Gasteiger partial charge in [-0.15, -0.1) is 0 Å². The molecule has 4 aliphatic carbocycles. The van der Waals surface area contributed by atoms with Crippen molar-refractivity contribution in [3.05, 3.63) is 11.6 Å². The van der Waals surface area contributed by atoms with Crippen LogP contribution < -0.4 is 21.5 Å². The number of ether oxygens (including phenoxy) is 1. The molecule has 4 N–H and O–H groups in total. The molecule has 9 heteroatoms. The van der Waals surface area contributed by atoms with E-state index in [1.54, 1.807) is 0 Å². The minimum Gasteiger partial charge on any atom is -0.445 e. The fourth-order valence-corrected chi connectivity index (χ4v) is 12.9. The van der Waals surface area contributed by atoms with Crippen LogP contribution >= 0.6 is 11.8 Å². The maximum atomic E-state index is 12.7. The molecule has 2 heterocycles. The molecule has 6 aliphatic rings. The van der Waals surface area contributed by atoms with Crippen molar-refractivity contribution in [3.8, 4) is 0 Å². The number of rotatable bonds is 11. The Morgan fingerprint density at radius 1 is 1.00 bits per heavy atom. The Balaban J connectivity index is 0.927. The van der Waals surface area contributed by atoms with Crippen LogP contribution in [0.5, 0.6) is 0 Å². The molecule has 8 nitrogen and oxygen atoms in total. The molecule has 0 aromatic rings. The lowest BCUT2D eigenvalue weighted by molar-refractivity contribution is -0.122. The van der Waals surface area contributed by atoms with Crippen LogP contribution in [0.25, 0.3) is 0 Å². The van der Waals surface area contributed by atoms with Gasteiger partial charge in [-0.2, -0.15) is 11.8 Å². The third kappa shape index (κ3) is 7.35. The largest absolute Gasteiger partial charge is 0.445 e. The van der Waals surface area contributed by atoms with E-state index in [4.69, 9.17) is 4.74 Å². The molecular formula is C38H62N4O4S. The summed E-state index contributed by atoms with van der Waals surface area (Å²) >= 11 is 1.89. The number of nitrogens with one attached hydrogen (secondary N) is 4. The van der Waals surface area contributed by atoms with E-state index in [2.05, 4.69) is 62.2 Å². The van der Waals surface area contributed by atoms with Gasteiger partial charge in [-0.25, -0.2) is 15.0 Å². The Hall–Kier alpha value is -1.90. The molecule has 11 atom stereocenters. The Bertz CT molecular complexity index is 1190. The van der Waals surface area contributed by atoms with Crippen molar-refractivity contribution in [2.45, 2.75) is 154 Å². The van der Waals surface area contributed by atoms with Gasteiger partial charge in [-0.3, -0.25) is 10.2 Å². The van der Waals surface area contributed by atoms with E-state index in [0.29, 0.717) is 17.1 Å². The number of carbonyl (C=O) groups excluding carboxylic acids is 3. The lowest BCUT2D eigenvalue weighted by Gasteiger charge is -2.58. The highest BCUT2D eigenvalue weighted by molar-refractivity contribution is 8.00. The number of allylic oxidation sites excluding steroid dienone is 1. The second kappa shape index (κ2) is 14.5. The van der Waals surface area contributed by atoms with E-state index in [9.17, 15) is 14.4 Å². The number of carbonyl (C=O) groups is 3. The average molecular weight is 671 g/mol. The van der Waals surface area contributed by atoms with Gasteiger partial charge in [-0.1, -0.05) is 72.0 Å². The molecule has 2 saturated heterocycles. The predicted octanol–water partition coefficient (Wildman–Crippen LogP) is 7.88. The average Bonchev–Trinajstić information content (AvgIpc) is 3.70. The molecule has 0 radical (unpaired) electrons. The molecule has 0 spiro atoms. The second-order valence-electron chi connectivity index (χ2n) is 17.1. The zero-order valence-corrected chi connectivity index (χ0v) is 30.5. The number of unbranched alkanes of at least 4 members (excludes halogenated alkanes) is 1. The van der Waals surface area contributed by atoms with Gasteiger partial charge in [-0.05, 0) is 104 Å². The third-order valence-electron chi connectivity index (χ3n) is 13.9. The molecule has 2 aliphatic heterocycles. The summed E-state index contributed by atoms with van der Waals surface area (Å²) in [6.07, 6.45) is 18.4. The van der Waals surface area contributed by atoms with Crippen molar-refractivity contribution in [3.63, 3.8) is 0 Å². The molecule has 6 unspecified atom stereocenters. The standard InChI is InChI=1S/C38H62N4O4S/c1-23(2)9-8-10-24(3)28-15-16-29-27-14-13-25-21-26(17-19-37(25,4)30(27)18-20-38(28,29)5)46-36(45)42-41-33(43)12-7-6-11-32-34-31(22-47-32)39-35(44)40-34/h13,23-24,26-32,34H,6-12,14-22H2,1-5H3,(H,41,43)(H,42,45)(H2,39,40,44)/t24-,26+,27?,28-,29?,30?,31?,32?,34?,37+,38-/m1/s1. The monoisotopic (exact) mass is 670 g/mol. The maximum absolute atomic E-state index is 12.7. The summed E-state index contributed by atoms with van der Waals surface area (Å²) in [5, 5.41) is 6.38. The molecule has 6 rings (SSSR count). The quantitative estimate of drug-likeness (QED) is 0.0774. The second-order valence-corrected chi connectivity index (χ2v) is 18.4. The Labute approximate surface area is 287 Å². The van der Waals surface area contributed by atoms with E-state index < -0.39 is 6.09 Å². The normalized spacial score (nSPS) is 39.4. The number of urea groups is 1. The van der Waals surface area contributed by atoms with Gasteiger partial charge < -0.3 is 15.4 Å². The summed E-state index contributed by atoms with van der Waals surface area (Å²) in [5.74, 6) is 5.64.